The summed E-state index contributed by atoms with van der Waals surface area (Å²) in [4.78, 5) is 25.1. The van der Waals surface area contributed by atoms with Gasteiger partial charge in [0.05, 0.1) is 6.04 Å². The summed E-state index contributed by atoms with van der Waals surface area (Å²) >= 11 is 0. The number of ketones is 1. The molecule has 0 aromatic heterocycles. The average Bonchev–Trinajstić information content (AvgIpc) is 2.76. The Morgan fingerprint density at radius 3 is 2.84 bits per heavy atom. The van der Waals surface area contributed by atoms with Crippen LogP contribution in [0.5, 0.6) is 0 Å². The minimum Gasteiger partial charge on any atom is -0.445 e. The smallest absolute Gasteiger partial charge is 0.407 e. The zero-order valence-electron chi connectivity index (χ0n) is 11.2. The van der Waals surface area contributed by atoms with E-state index in [2.05, 4.69) is 5.32 Å². The molecule has 19 heavy (non-hydrogen) atoms. The first-order chi connectivity index (χ1) is 9.13. The number of carbonyl (C=O) groups excluding carboxylic acids is 2. The molecule has 0 saturated carbocycles. The number of ether oxygens (including phenoxy) is 1. The maximum atomic E-state index is 12.0. The van der Waals surface area contributed by atoms with Crippen LogP contribution in [0.4, 0.5) is 4.79 Å². The minimum absolute atomic E-state index is 0.174. The van der Waals surface area contributed by atoms with Crippen LogP contribution in [0, 0.1) is 0 Å². The van der Waals surface area contributed by atoms with E-state index in [1.54, 1.807) is 0 Å². The second-order valence-corrected chi connectivity index (χ2v) is 4.62. The number of likely N-dealkylation sites (N-methyl/N-ethyl adjacent to an activating group) is 1. The molecule has 1 aromatic carbocycles. The zero-order chi connectivity index (χ0) is 13.8. The molecule has 0 aliphatic carbocycles. The fourth-order valence-corrected chi connectivity index (χ4v) is 2.36. The molecule has 0 radical (unpaired) electrons. The van der Waals surface area contributed by atoms with E-state index in [4.69, 9.17) is 4.74 Å². The van der Waals surface area contributed by atoms with Crippen LogP contribution in [-0.4, -0.2) is 37.4 Å². The van der Waals surface area contributed by atoms with E-state index in [1.165, 1.54) is 7.05 Å². The second kappa shape index (κ2) is 5.84. The summed E-state index contributed by atoms with van der Waals surface area (Å²) in [5.74, 6) is 0.217. The van der Waals surface area contributed by atoms with Crippen LogP contribution in [0.3, 0.4) is 0 Å². The monoisotopic (exact) mass is 262 g/mol. The van der Waals surface area contributed by atoms with Crippen molar-refractivity contribution in [3.05, 3.63) is 35.4 Å². The van der Waals surface area contributed by atoms with Crippen LogP contribution in [0.1, 0.15) is 23.6 Å². The van der Waals surface area contributed by atoms with Gasteiger partial charge in [0.2, 0.25) is 0 Å². The number of alkyl carbamates (subject to hydrolysis) is 1. The Kier molecular flexibility index (Phi) is 4.16. The number of likely N-dealkylation sites (tertiary alicyclic amines) is 1. The first-order valence-corrected chi connectivity index (χ1v) is 6.28. The van der Waals surface area contributed by atoms with Gasteiger partial charge in [-0.3, -0.25) is 9.69 Å². The number of nitrogens with one attached hydrogen (secondary N) is 1. The van der Waals surface area contributed by atoms with Crippen molar-refractivity contribution in [3.63, 3.8) is 0 Å². The fraction of sp³-hybridized carbons (Fsp3) is 0.429. The Morgan fingerprint density at radius 1 is 1.47 bits per heavy atom. The summed E-state index contributed by atoms with van der Waals surface area (Å²) in [6.07, 6.45) is 0.104. The molecule has 5 nitrogen and oxygen atoms in total. The first kappa shape index (κ1) is 13.5. The third-order valence-electron chi connectivity index (χ3n) is 3.37. The van der Waals surface area contributed by atoms with E-state index in [0.717, 1.165) is 17.7 Å². The number of hydrogen-bond acceptors (Lipinski definition) is 4. The SMILES string of the molecule is CNC(=O)OCc1ccccc1[C@@H]1C(=O)CCN1C. The summed E-state index contributed by atoms with van der Waals surface area (Å²) < 4.78 is 5.07. The Morgan fingerprint density at radius 2 is 2.21 bits per heavy atom. The van der Waals surface area contributed by atoms with Gasteiger partial charge in [-0.05, 0) is 18.2 Å². The van der Waals surface area contributed by atoms with E-state index in [0.29, 0.717) is 6.42 Å². The average molecular weight is 262 g/mol. The number of amides is 1. The van der Waals surface area contributed by atoms with Crippen LogP contribution in [0.25, 0.3) is 0 Å². The Hall–Kier alpha value is -1.88. The molecule has 102 valence electrons. The fourth-order valence-electron chi connectivity index (χ4n) is 2.36. The van der Waals surface area contributed by atoms with Gasteiger partial charge in [-0.2, -0.15) is 0 Å². The van der Waals surface area contributed by atoms with E-state index in [1.807, 2.05) is 36.2 Å². The molecule has 1 aromatic rings. The minimum atomic E-state index is -0.471. The van der Waals surface area contributed by atoms with Crippen LogP contribution in [0.2, 0.25) is 0 Å². The molecule has 1 aliphatic heterocycles. The predicted octanol–water partition coefficient (Wildman–Crippen LogP) is 1.49. The normalized spacial score (nSPS) is 19.5. The van der Waals surface area contributed by atoms with Crippen molar-refractivity contribution in [1.29, 1.82) is 0 Å². The van der Waals surface area contributed by atoms with Gasteiger partial charge in [-0.15, -0.1) is 0 Å². The largest absolute Gasteiger partial charge is 0.445 e. The van der Waals surface area contributed by atoms with Gasteiger partial charge < -0.3 is 10.1 Å². The predicted molar refractivity (Wildman–Crippen MR) is 70.7 cm³/mol. The van der Waals surface area contributed by atoms with Crippen molar-refractivity contribution in [1.82, 2.24) is 10.2 Å². The molecule has 0 bridgehead atoms. The summed E-state index contributed by atoms with van der Waals surface area (Å²) in [6, 6.07) is 7.37. The van der Waals surface area contributed by atoms with Crippen molar-refractivity contribution < 1.29 is 14.3 Å². The highest BCUT2D eigenvalue weighted by Gasteiger charge is 2.32. The number of rotatable bonds is 3. The van der Waals surface area contributed by atoms with Crippen molar-refractivity contribution >= 4 is 11.9 Å². The highest BCUT2D eigenvalue weighted by Crippen LogP contribution is 2.30. The highest BCUT2D eigenvalue weighted by atomic mass is 16.5. The summed E-state index contributed by atoms with van der Waals surface area (Å²) in [5.41, 5.74) is 1.80. The van der Waals surface area contributed by atoms with Crippen LogP contribution >= 0.6 is 0 Å². The number of hydrogen-bond donors (Lipinski definition) is 1. The van der Waals surface area contributed by atoms with E-state index >= 15 is 0 Å². The third-order valence-corrected chi connectivity index (χ3v) is 3.37. The zero-order valence-corrected chi connectivity index (χ0v) is 11.2. The number of nitrogens with zero attached hydrogens (tertiary/aromatic N) is 1. The molecular formula is C14H18N2O3. The summed E-state index contributed by atoms with van der Waals surface area (Å²) in [7, 11) is 3.45. The summed E-state index contributed by atoms with van der Waals surface area (Å²) in [6.45, 7) is 0.946. The van der Waals surface area contributed by atoms with Gasteiger partial charge in [0.1, 0.15) is 6.61 Å². The third kappa shape index (κ3) is 2.93. The quantitative estimate of drug-likeness (QED) is 0.896. The molecule has 1 aliphatic rings. The van der Waals surface area contributed by atoms with Crippen LogP contribution in [0.15, 0.2) is 24.3 Å². The van der Waals surface area contributed by atoms with Crippen molar-refractivity contribution in [2.24, 2.45) is 0 Å². The highest BCUT2D eigenvalue weighted by molar-refractivity contribution is 5.87. The lowest BCUT2D eigenvalue weighted by Gasteiger charge is -2.21. The molecule has 0 unspecified atom stereocenters. The maximum Gasteiger partial charge on any atom is 0.407 e. The van der Waals surface area contributed by atoms with Gasteiger partial charge in [0.25, 0.3) is 0 Å². The number of Topliss-reactive ketones (excluding diaryl/α,β-unsaturated/α-hetero) is 1. The lowest BCUT2D eigenvalue weighted by Crippen LogP contribution is -2.23. The molecule has 2 rings (SSSR count). The van der Waals surface area contributed by atoms with E-state index in [9.17, 15) is 9.59 Å². The molecule has 0 spiro atoms. The van der Waals surface area contributed by atoms with Gasteiger partial charge in [-0.25, -0.2) is 4.79 Å². The van der Waals surface area contributed by atoms with Gasteiger partial charge in [0.15, 0.2) is 5.78 Å². The lowest BCUT2D eigenvalue weighted by molar-refractivity contribution is -0.119. The van der Waals surface area contributed by atoms with Crippen LogP contribution in [-0.2, 0) is 16.1 Å². The standard InChI is InChI=1S/C14H18N2O3/c1-15-14(18)19-9-10-5-3-4-6-11(10)13-12(17)7-8-16(13)2/h3-6,13H,7-9H2,1-2H3,(H,15,18)/t13-/m1/s1. The second-order valence-electron chi connectivity index (χ2n) is 4.62. The summed E-state index contributed by atoms with van der Waals surface area (Å²) in [5, 5.41) is 2.40. The van der Waals surface area contributed by atoms with Crippen molar-refractivity contribution in [3.8, 4) is 0 Å². The Bertz CT molecular complexity index is 487. The van der Waals surface area contributed by atoms with E-state index < -0.39 is 6.09 Å². The molecule has 1 amide bonds. The van der Waals surface area contributed by atoms with Crippen molar-refractivity contribution in [2.75, 3.05) is 20.6 Å². The molecule has 1 N–H and O–H groups in total. The molecule has 1 heterocycles. The van der Waals surface area contributed by atoms with Crippen molar-refractivity contribution in [2.45, 2.75) is 19.1 Å². The molecule has 1 fully saturated rings. The lowest BCUT2D eigenvalue weighted by atomic mass is 9.98. The van der Waals surface area contributed by atoms with Crippen LogP contribution < -0.4 is 5.32 Å². The van der Waals surface area contributed by atoms with Gasteiger partial charge in [0, 0.05) is 20.0 Å². The Balaban J connectivity index is 2.21. The van der Waals surface area contributed by atoms with Gasteiger partial charge >= 0.3 is 6.09 Å². The molecule has 1 atom stereocenters. The topological polar surface area (TPSA) is 58.6 Å². The van der Waals surface area contributed by atoms with E-state index in [-0.39, 0.29) is 18.4 Å². The van der Waals surface area contributed by atoms with Gasteiger partial charge in [-0.1, -0.05) is 24.3 Å². The molecular weight excluding hydrogens is 244 g/mol. The number of benzene rings is 1. The molecule has 5 heteroatoms. The Labute approximate surface area is 112 Å². The molecule has 1 saturated heterocycles. The first-order valence-electron chi connectivity index (χ1n) is 6.28. The maximum absolute atomic E-state index is 12.0. The number of carbonyl (C=O) groups is 2.